The molecule has 3 aromatic rings. The van der Waals surface area contributed by atoms with E-state index in [-0.39, 0.29) is 10.7 Å². The molecule has 0 aliphatic carbocycles. The molecule has 0 atom stereocenters. The molecule has 0 spiro atoms. The highest BCUT2D eigenvalue weighted by atomic mass is 32.2. The number of thioether (sulfide) groups is 1. The highest BCUT2D eigenvalue weighted by Crippen LogP contribution is 2.37. The van der Waals surface area contributed by atoms with Crippen molar-refractivity contribution in [3.05, 3.63) is 53.3 Å². The molecule has 148 valence electrons. The number of amidine groups is 1. The molecule has 0 unspecified atom stereocenters. The molecule has 0 aliphatic heterocycles. The summed E-state index contributed by atoms with van der Waals surface area (Å²) >= 11 is 2.96. The van der Waals surface area contributed by atoms with Gasteiger partial charge >= 0.3 is 0 Å². The van der Waals surface area contributed by atoms with E-state index in [4.69, 9.17) is 11.1 Å². The number of hydrogen-bond acceptors (Lipinski definition) is 7. The van der Waals surface area contributed by atoms with Crippen LogP contribution in [0.2, 0.25) is 0 Å². The first kappa shape index (κ1) is 22.1. The summed E-state index contributed by atoms with van der Waals surface area (Å²) in [6.45, 7) is 5.31. The topological polar surface area (TPSA) is 110 Å². The van der Waals surface area contributed by atoms with Gasteiger partial charge in [0.15, 0.2) is 0 Å². The smallest absolute Gasteiger partial charge is 0.208 e. The van der Waals surface area contributed by atoms with E-state index >= 15 is 0 Å². The van der Waals surface area contributed by atoms with Crippen molar-refractivity contribution in [2.45, 2.75) is 34.8 Å². The van der Waals surface area contributed by atoms with Crippen LogP contribution in [-0.2, 0) is 9.84 Å². The van der Waals surface area contributed by atoms with Crippen molar-refractivity contribution in [1.29, 1.82) is 5.41 Å². The normalized spacial score (nSPS) is 10.9. The molecule has 9 heteroatoms. The van der Waals surface area contributed by atoms with Crippen LogP contribution in [0.1, 0.15) is 17.5 Å². The molecule has 0 radical (unpaired) electrons. The number of sulfone groups is 1. The van der Waals surface area contributed by atoms with Gasteiger partial charge in [-0.15, -0.1) is 23.1 Å². The van der Waals surface area contributed by atoms with Gasteiger partial charge in [0.2, 0.25) is 9.84 Å². The van der Waals surface area contributed by atoms with Crippen LogP contribution in [0.5, 0.6) is 0 Å². The predicted octanol–water partition coefficient (Wildman–Crippen LogP) is 4.32. The van der Waals surface area contributed by atoms with Crippen LogP contribution in [0.3, 0.4) is 0 Å². The molecule has 1 aromatic carbocycles. The fraction of sp³-hybridized carbons (Fsp3) is 0.211. The zero-order chi connectivity index (χ0) is 20.9. The summed E-state index contributed by atoms with van der Waals surface area (Å²) in [6.07, 6.45) is 5.12. The minimum atomic E-state index is -3.56. The van der Waals surface area contributed by atoms with Crippen LogP contribution >= 0.6 is 23.1 Å². The quantitative estimate of drug-likeness (QED) is 0.359. The molecule has 2 aromatic heterocycles. The maximum Gasteiger partial charge on any atom is 0.208 e. The van der Waals surface area contributed by atoms with Gasteiger partial charge in [-0.3, -0.25) is 15.4 Å². The Morgan fingerprint density at radius 3 is 2.43 bits per heavy atom. The lowest BCUT2D eigenvalue weighted by atomic mass is 10.1. The van der Waals surface area contributed by atoms with Gasteiger partial charge in [-0.1, -0.05) is 12.1 Å². The lowest BCUT2D eigenvalue weighted by molar-refractivity contribution is 0.595. The molecule has 0 saturated carbocycles. The van der Waals surface area contributed by atoms with Crippen molar-refractivity contribution in [3.63, 3.8) is 0 Å². The number of nitrogens with one attached hydrogen (secondary N) is 1. The Hall–Kier alpha value is -2.23. The van der Waals surface area contributed by atoms with Gasteiger partial charge in [0.05, 0.1) is 31.2 Å². The number of aryl methyl sites for hydroxylation is 2. The number of nitrogens with two attached hydrogens (primary N) is 1. The van der Waals surface area contributed by atoms with E-state index in [9.17, 15) is 8.42 Å². The Bertz CT molecular complexity index is 1090. The molecule has 2 heterocycles. The molecule has 0 bridgehead atoms. The Kier molecular flexibility index (Phi) is 7.34. The summed E-state index contributed by atoms with van der Waals surface area (Å²) in [5, 5.41) is 6.28. The van der Waals surface area contributed by atoms with Crippen LogP contribution in [-0.4, -0.2) is 30.5 Å². The third-order valence-corrected chi connectivity index (χ3v) is 7.78. The second-order valence-corrected chi connectivity index (χ2v) is 10.2. The van der Waals surface area contributed by atoms with E-state index in [0.717, 1.165) is 20.3 Å². The SMILES string of the molecule is CC(=N)N.CSc1sc(C)cc1S(=O)(=O)c1cccc(-c2nccnc2C)c1. The van der Waals surface area contributed by atoms with E-state index in [2.05, 4.69) is 9.97 Å². The van der Waals surface area contributed by atoms with Gasteiger partial charge < -0.3 is 5.73 Å². The number of nitrogens with zero attached hydrogens (tertiary/aromatic N) is 2. The predicted molar refractivity (Wildman–Crippen MR) is 116 cm³/mol. The van der Waals surface area contributed by atoms with Gasteiger partial charge in [-0.25, -0.2) is 8.42 Å². The second kappa shape index (κ2) is 9.31. The van der Waals surface area contributed by atoms with Gasteiger partial charge in [-0.05, 0) is 45.2 Å². The average molecular weight is 435 g/mol. The van der Waals surface area contributed by atoms with Crippen LogP contribution in [0.4, 0.5) is 0 Å². The average Bonchev–Trinajstić information content (AvgIpc) is 3.03. The molecule has 0 aliphatic rings. The molecule has 3 N–H and O–H groups in total. The monoisotopic (exact) mass is 434 g/mol. The van der Waals surface area contributed by atoms with E-state index in [1.54, 1.807) is 36.7 Å². The van der Waals surface area contributed by atoms with Crippen molar-refractivity contribution in [1.82, 2.24) is 9.97 Å². The summed E-state index contributed by atoms with van der Waals surface area (Å²) in [4.78, 5) is 10.2. The first-order chi connectivity index (χ1) is 13.2. The van der Waals surface area contributed by atoms with Gasteiger partial charge in [0, 0.05) is 22.8 Å². The summed E-state index contributed by atoms with van der Waals surface area (Å²) in [6, 6.07) is 8.63. The van der Waals surface area contributed by atoms with Crippen molar-refractivity contribution >= 4 is 38.8 Å². The first-order valence-corrected chi connectivity index (χ1v) is 11.8. The molecule has 0 amide bonds. The Balaban J connectivity index is 0.000000640. The second-order valence-electron chi connectivity index (χ2n) is 5.92. The van der Waals surface area contributed by atoms with Gasteiger partial charge in [0.25, 0.3) is 0 Å². The molecular formula is C19H22N4O2S3. The highest BCUT2D eigenvalue weighted by molar-refractivity contribution is 8.01. The summed E-state index contributed by atoms with van der Waals surface area (Å²) in [5.74, 6) is 0.167. The molecule has 3 rings (SSSR count). The van der Waals surface area contributed by atoms with E-state index < -0.39 is 9.84 Å². The van der Waals surface area contributed by atoms with E-state index in [0.29, 0.717) is 10.6 Å². The zero-order valence-electron chi connectivity index (χ0n) is 16.1. The first-order valence-electron chi connectivity index (χ1n) is 8.25. The molecule has 0 fully saturated rings. The fourth-order valence-corrected chi connectivity index (χ4v) is 6.50. The number of benzene rings is 1. The highest BCUT2D eigenvalue weighted by Gasteiger charge is 2.24. The zero-order valence-corrected chi connectivity index (χ0v) is 18.5. The maximum absolute atomic E-state index is 13.1. The minimum Gasteiger partial charge on any atom is -0.388 e. The lowest BCUT2D eigenvalue weighted by Crippen LogP contribution is -2.02. The standard InChI is InChI=1S/C17H16N2O2S3.C2H6N2/c1-11-9-15(17(22-3)23-11)24(20,21)14-6-4-5-13(10-14)16-12(2)18-7-8-19-16;1-2(3)4/h4-10H,1-3H3;1H3,(H3,3,4). The van der Waals surface area contributed by atoms with Gasteiger partial charge in [-0.2, -0.15) is 0 Å². The van der Waals surface area contributed by atoms with E-state index in [1.165, 1.54) is 30.0 Å². The molecule has 0 saturated heterocycles. The van der Waals surface area contributed by atoms with Crippen molar-refractivity contribution in [2.75, 3.05) is 6.26 Å². The molecule has 28 heavy (non-hydrogen) atoms. The van der Waals surface area contributed by atoms with Crippen LogP contribution < -0.4 is 5.73 Å². The Morgan fingerprint density at radius 1 is 1.18 bits per heavy atom. The Labute approximate surface area is 173 Å². The van der Waals surface area contributed by atoms with Crippen molar-refractivity contribution < 1.29 is 8.42 Å². The fourth-order valence-electron chi connectivity index (χ4n) is 2.43. The van der Waals surface area contributed by atoms with Crippen molar-refractivity contribution in [2.24, 2.45) is 5.73 Å². The third kappa shape index (κ3) is 5.18. The number of hydrogen-bond donors (Lipinski definition) is 2. The summed E-state index contributed by atoms with van der Waals surface area (Å²) in [7, 11) is -3.56. The van der Waals surface area contributed by atoms with E-state index in [1.807, 2.05) is 26.2 Å². The Morgan fingerprint density at radius 2 is 1.82 bits per heavy atom. The van der Waals surface area contributed by atoms with Crippen LogP contribution in [0.25, 0.3) is 11.3 Å². The van der Waals surface area contributed by atoms with Crippen LogP contribution in [0, 0.1) is 19.3 Å². The van der Waals surface area contributed by atoms with Crippen LogP contribution in [0.15, 0.2) is 56.7 Å². The molecular weight excluding hydrogens is 412 g/mol. The largest absolute Gasteiger partial charge is 0.388 e. The number of thiophene rings is 1. The lowest BCUT2D eigenvalue weighted by Gasteiger charge is -2.08. The summed E-state index contributed by atoms with van der Waals surface area (Å²) < 4.78 is 26.9. The number of rotatable bonds is 4. The number of aromatic nitrogens is 2. The van der Waals surface area contributed by atoms with Gasteiger partial charge in [0.1, 0.15) is 0 Å². The van der Waals surface area contributed by atoms with Crippen molar-refractivity contribution in [3.8, 4) is 11.3 Å². The minimum absolute atomic E-state index is 0.167. The summed E-state index contributed by atoms with van der Waals surface area (Å²) in [5.41, 5.74) is 6.91. The third-order valence-electron chi connectivity index (χ3n) is 3.56. The maximum atomic E-state index is 13.1. The molecule has 6 nitrogen and oxygen atoms in total.